The summed E-state index contributed by atoms with van der Waals surface area (Å²) >= 11 is 0. The zero-order valence-corrected chi connectivity index (χ0v) is 18.2. The number of anilines is 1. The lowest BCUT2D eigenvalue weighted by Crippen LogP contribution is -2.31. The standard InChI is InChI=1S/C23H30N2O5/c1-6-28-19-13-16(14-20(29-7-2)21(19)30-8-3)22(26)25-18-12-10-9-11-17(18)23(27)24-15(4)5/h9-15H,6-8H2,1-5H3,(H,24,27)(H,25,26). The molecule has 0 saturated heterocycles. The highest BCUT2D eigenvalue weighted by Crippen LogP contribution is 2.39. The van der Waals surface area contributed by atoms with Crippen LogP contribution in [0.4, 0.5) is 5.69 Å². The van der Waals surface area contributed by atoms with Crippen molar-refractivity contribution >= 4 is 17.5 Å². The fourth-order valence-electron chi connectivity index (χ4n) is 2.84. The second-order valence-electron chi connectivity index (χ2n) is 6.73. The maximum Gasteiger partial charge on any atom is 0.255 e. The Kier molecular flexibility index (Phi) is 8.53. The van der Waals surface area contributed by atoms with E-state index < -0.39 is 0 Å². The van der Waals surface area contributed by atoms with Crippen molar-refractivity contribution in [2.24, 2.45) is 0 Å². The molecule has 0 spiro atoms. The van der Waals surface area contributed by atoms with Crippen molar-refractivity contribution in [2.75, 3.05) is 25.1 Å². The predicted octanol–water partition coefficient (Wildman–Crippen LogP) is 4.27. The largest absolute Gasteiger partial charge is 0.490 e. The van der Waals surface area contributed by atoms with Crippen LogP contribution in [0.3, 0.4) is 0 Å². The molecule has 0 aliphatic carbocycles. The normalized spacial score (nSPS) is 10.5. The van der Waals surface area contributed by atoms with Crippen LogP contribution in [0, 0.1) is 0 Å². The first-order valence-corrected chi connectivity index (χ1v) is 10.2. The molecule has 0 radical (unpaired) electrons. The van der Waals surface area contributed by atoms with Gasteiger partial charge in [0.1, 0.15) is 0 Å². The lowest BCUT2D eigenvalue weighted by Gasteiger charge is -2.17. The summed E-state index contributed by atoms with van der Waals surface area (Å²) in [5.74, 6) is 0.694. The van der Waals surface area contributed by atoms with Crippen LogP contribution in [0.2, 0.25) is 0 Å². The van der Waals surface area contributed by atoms with Gasteiger partial charge in [0.25, 0.3) is 11.8 Å². The quantitative estimate of drug-likeness (QED) is 0.606. The van der Waals surface area contributed by atoms with Gasteiger partial charge in [-0.05, 0) is 58.9 Å². The van der Waals surface area contributed by atoms with Crippen molar-refractivity contribution in [1.29, 1.82) is 0 Å². The molecule has 0 bridgehead atoms. The van der Waals surface area contributed by atoms with Gasteiger partial charge in [0, 0.05) is 11.6 Å². The monoisotopic (exact) mass is 414 g/mol. The van der Waals surface area contributed by atoms with E-state index in [1.54, 1.807) is 36.4 Å². The lowest BCUT2D eigenvalue weighted by molar-refractivity contribution is 0.0944. The van der Waals surface area contributed by atoms with Gasteiger partial charge in [-0.2, -0.15) is 0 Å². The molecule has 7 nitrogen and oxygen atoms in total. The van der Waals surface area contributed by atoms with Crippen LogP contribution in [0.1, 0.15) is 55.3 Å². The number of amides is 2. The number of carbonyl (C=O) groups is 2. The van der Waals surface area contributed by atoms with E-state index in [0.29, 0.717) is 53.9 Å². The fourth-order valence-corrected chi connectivity index (χ4v) is 2.84. The number of para-hydroxylation sites is 1. The maximum absolute atomic E-state index is 13.0. The van der Waals surface area contributed by atoms with E-state index in [9.17, 15) is 9.59 Å². The van der Waals surface area contributed by atoms with Crippen molar-refractivity contribution in [2.45, 2.75) is 40.7 Å². The zero-order valence-electron chi connectivity index (χ0n) is 18.2. The summed E-state index contributed by atoms with van der Waals surface area (Å²) in [4.78, 5) is 25.5. The van der Waals surface area contributed by atoms with Gasteiger partial charge in [-0.1, -0.05) is 12.1 Å². The van der Waals surface area contributed by atoms with Crippen LogP contribution in [0.15, 0.2) is 36.4 Å². The summed E-state index contributed by atoms with van der Waals surface area (Å²) in [6.45, 7) is 10.6. The van der Waals surface area contributed by atoms with Gasteiger partial charge >= 0.3 is 0 Å². The highest BCUT2D eigenvalue weighted by molar-refractivity contribution is 6.09. The molecule has 0 atom stereocenters. The molecule has 2 aromatic carbocycles. The molecule has 162 valence electrons. The number of hydrogen-bond donors (Lipinski definition) is 2. The molecule has 2 aromatic rings. The van der Waals surface area contributed by atoms with Gasteiger partial charge in [-0.25, -0.2) is 0 Å². The minimum absolute atomic E-state index is 0.0186. The Morgan fingerprint density at radius 1 is 0.867 bits per heavy atom. The Balaban J connectivity index is 2.39. The first-order chi connectivity index (χ1) is 14.4. The second kappa shape index (κ2) is 11.1. The summed E-state index contributed by atoms with van der Waals surface area (Å²) in [6.07, 6.45) is 0. The number of ether oxygens (including phenoxy) is 3. The molecule has 0 unspecified atom stereocenters. The van der Waals surface area contributed by atoms with Crippen LogP contribution < -0.4 is 24.8 Å². The molecule has 2 amide bonds. The third-order valence-corrected chi connectivity index (χ3v) is 4.01. The number of carbonyl (C=O) groups excluding carboxylic acids is 2. The minimum atomic E-state index is -0.384. The first-order valence-electron chi connectivity index (χ1n) is 10.2. The predicted molar refractivity (Wildman–Crippen MR) is 117 cm³/mol. The number of nitrogens with one attached hydrogen (secondary N) is 2. The summed E-state index contributed by atoms with van der Waals surface area (Å²) in [6, 6.07) is 10.1. The van der Waals surface area contributed by atoms with E-state index in [1.165, 1.54) is 0 Å². The van der Waals surface area contributed by atoms with Crippen molar-refractivity contribution in [3.8, 4) is 17.2 Å². The van der Waals surface area contributed by atoms with Crippen molar-refractivity contribution in [1.82, 2.24) is 5.32 Å². The van der Waals surface area contributed by atoms with E-state index in [1.807, 2.05) is 34.6 Å². The van der Waals surface area contributed by atoms with E-state index in [4.69, 9.17) is 14.2 Å². The van der Waals surface area contributed by atoms with Crippen molar-refractivity contribution in [3.63, 3.8) is 0 Å². The highest BCUT2D eigenvalue weighted by Gasteiger charge is 2.20. The second-order valence-corrected chi connectivity index (χ2v) is 6.73. The van der Waals surface area contributed by atoms with Crippen LogP contribution in [0.5, 0.6) is 17.2 Å². The molecule has 2 rings (SSSR count). The molecule has 0 aliphatic heterocycles. The Morgan fingerprint density at radius 3 is 1.97 bits per heavy atom. The molecule has 7 heteroatoms. The van der Waals surface area contributed by atoms with Gasteiger partial charge in [-0.3, -0.25) is 9.59 Å². The maximum atomic E-state index is 13.0. The molecule has 2 N–H and O–H groups in total. The first kappa shape index (κ1) is 23.1. The van der Waals surface area contributed by atoms with E-state index >= 15 is 0 Å². The Bertz CT molecular complexity index is 853. The van der Waals surface area contributed by atoms with Crippen molar-refractivity contribution in [3.05, 3.63) is 47.5 Å². The van der Waals surface area contributed by atoms with E-state index in [0.717, 1.165) is 0 Å². The lowest BCUT2D eigenvalue weighted by atomic mass is 10.1. The third-order valence-electron chi connectivity index (χ3n) is 4.01. The van der Waals surface area contributed by atoms with E-state index in [-0.39, 0.29) is 17.9 Å². The Labute approximate surface area is 177 Å². The molecular formula is C23H30N2O5. The number of hydrogen-bond acceptors (Lipinski definition) is 5. The smallest absolute Gasteiger partial charge is 0.255 e. The minimum Gasteiger partial charge on any atom is -0.490 e. The molecule has 0 aromatic heterocycles. The summed E-state index contributed by atoms with van der Waals surface area (Å²) in [7, 11) is 0. The highest BCUT2D eigenvalue weighted by atomic mass is 16.5. The molecule has 0 saturated carbocycles. The average molecular weight is 415 g/mol. The van der Waals surface area contributed by atoms with Crippen LogP contribution in [-0.4, -0.2) is 37.7 Å². The van der Waals surface area contributed by atoms with Crippen LogP contribution >= 0.6 is 0 Å². The number of rotatable bonds is 10. The summed E-state index contributed by atoms with van der Waals surface area (Å²) in [5.41, 5.74) is 1.15. The van der Waals surface area contributed by atoms with Gasteiger partial charge < -0.3 is 24.8 Å². The average Bonchev–Trinajstić information content (AvgIpc) is 2.70. The van der Waals surface area contributed by atoms with Gasteiger partial charge in [0.15, 0.2) is 11.5 Å². The molecule has 30 heavy (non-hydrogen) atoms. The zero-order chi connectivity index (χ0) is 22.1. The summed E-state index contributed by atoms with van der Waals surface area (Å²) in [5, 5.41) is 5.66. The molecule has 0 fully saturated rings. The van der Waals surface area contributed by atoms with Crippen molar-refractivity contribution < 1.29 is 23.8 Å². The molecular weight excluding hydrogens is 384 g/mol. The Hall–Kier alpha value is -3.22. The molecule has 0 aliphatic rings. The summed E-state index contributed by atoms with van der Waals surface area (Å²) < 4.78 is 17.0. The van der Waals surface area contributed by atoms with Crippen LogP contribution in [-0.2, 0) is 0 Å². The third kappa shape index (κ3) is 5.89. The van der Waals surface area contributed by atoms with Gasteiger partial charge in [0.05, 0.1) is 31.1 Å². The number of benzene rings is 2. The fraction of sp³-hybridized carbons (Fsp3) is 0.391. The molecule has 0 heterocycles. The van der Waals surface area contributed by atoms with Gasteiger partial charge in [0.2, 0.25) is 5.75 Å². The topological polar surface area (TPSA) is 85.9 Å². The van der Waals surface area contributed by atoms with E-state index in [2.05, 4.69) is 10.6 Å². The van der Waals surface area contributed by atoms with Gasteiger partial charge in [-0.15, -0.1) is 0 Å². The van der Waals surface area contributed by atoms with Crippen LogP contribution in [0.25, 0.3) is 0 Å². The Morgan fingerprint density at radius 2 is 1.43 bits per heavy atom. The SMILES string of the molecule is CCOc1cc(C(=O)Nc2ccccc2C(=O)NC(C)C)cc(OCC)c1OCC.